The second kappa shape index (κ2) is 14.6. The van der Waals surface area contributed by atoms with Gasteiger partial charge in [0.2, 0.25) is 0 Å². The number of hydrogen-bond acceptors (Lipinski definition) is 11. The van der Waals surface area contributed by atoms with Gasteiger partial charge in [-0.2, -0.15) is 0 Å². The standard InChI is InChI=1S/C17H31N5O8/c18-15(17(27)28)9-19-1-2-20(10-16(25)26)4-6-22(12-30-14-24)8-7-21(5-3-19)11-29-13-23/h13-15H,1-12,18H2,(H,25,26)(H,27,28). The average Bonchev–Trinajstić information content (AvgIpc) is 2.69. The molecule has 1 aliphatic rings. The van der Waals surface area contributed by atoms with Gasteiger partial charge in [0.15, 0.2) is 0 Å². The Morgan fingerprint density at radius 3 is 1.57 bits per heavy atom. The molecule has 0 aromatic heterocycles. The third kappa shape index (κ3) is 11.0. The van der Waals surface area contributed by atoms with Gasteiger partial charge < -0.3 is 25.4 Å². The van der Waals surface area contributed by atoms with Crippen molar-refractivity contribution in [3.05, 3.63) is 0 Å². The van der Waals surface area contributed by atoms with Crippen LogP contribution in [0.2, 0.25) is 0 Å². The monoisotopic (exact) mass is 433 g/mol. The van der Waals surface area contributed by atoms with E-state index in [2.05, 4.69) is 0 Å². The zero-order chi connectivity index (χ0) is 22.4. The molecule has 13 heteroatoms. The third-order valence-electron chi connectivity index (χ3n) is 4.71. The van der Waals surface area contributed by atoms with Gasteiger partial charge in [-0.05, 0) is 0 Å². The van der Waals surface area contributed by atoms with E-state index in [0.29, 0.717) is 65.3 Å². The molecule has 1 rings (SSSR count). The molecule has 0 aliphatic carbocycles. The van der Waals surface area contributed by atoms with E-state index in [1.165, 1.54) is 0 Å². The van der Waals surface area contributed by atoms with Crippen LogP contribution in [0.15, 0.2) is 0 Å². The first kappa shape index (κ1) is 25.7. The lowest BCUT2D eigenvalue weighted by atomic mass is 10.2. The van der Waals surface area contributed by atoms with Crippen LogP contribution in [0.25, 0.3) is 0 Å². The third-order valence-corrected chi connectivity index (χ3v) is 4.71. The van der Waals surface area contributed by atoms with E-state index in [1.54, 1.807) is 4.90 Å². The van der Waals surface area contributed by atoms with Crippen LogP contribution < -0.4 is 5.73 Å². The van der Waals surface area contributed by atoms with E-state index in [4.69, 9.17) is 20.3 Å². The van der Waals surface area contributed by atoms with E-state index in [1.807, 2.05) is 14.7 Å². The fourth-order valence-corrected chi connectivity index (χ4v) is 3.00. The molecule has 1 fully saturated rings. The number of hydrogen-bond donors (Lipinski definition) is 3. The number of nitrogens with zero attached hydrogens (tertiary/aromatic N) is 4. The van der Waals surface area contributed by atoms with Crippen LogP contribution in [-0.4, -0.2) is 140 Å². The van der Waals surface area contributed by atoms with Crippen molar-refractivity contribution < 1.29 is 38.9 Å². The Morgan fingerprint density at radius 2 is 1.20 bits per heavy atom. The second-order valence-electron chi connectivity index (χ2n) is 6.94. The Hall–Kier alpha value is -2.32. The summed E-state index contributed by atoms with van der Waals surface area (Å²) in [5.74, 6) is -2.08. The lowest BCUT2D eigenvalue weighted by Crippen LogP contribution is -2.50. The van der Waals surface area contributed by atoms with Crippen molar-refractivity contribution in [2.24, 2.45) is 5.73 Å². The quantitative estimate of drug-likeness (QED) is 0.282. The van der Waals surface area contributed by atoms with Gasteiger partial charge >= 0.3 is 11.9 Å². The van der Waals surface area contributed by atoms with Gasteiger partial charge in [-0.1, -0.05) is 0 Å². The summed E-state index contributed by atoms with van der Waals surface area (Å²) in [4.78, 5) is 50.8. The number of carbonyl (C=O) groups excluding carboxylic acids is 2. The summed E-state index contributed by atoms with van der Waals surface area (Å²) in [7, 11) is 0. The number of rotatable bonds is 11. The van der Waals surface area contributed by atoms with Crippen LogP contribution in [0, 0.1) is 0 Å². The minimum Gasteiger partial charge on any atom is -0.480 e. The molecule has 30 heavy (non-hydrogen) atoms. The summed E-state index contributed by atoms with van der Waals surface area (Å²) < 4.78 is 9.70. The number of aliphatic carboxylic acids is 2. The first-order valence-electron chi connectivity index (χ1n) is 9.55. The lowest BCUT2D eigenvalue weighted by Gasteiger charge is -2.33. The first-order valence-corrected chi connectivity index (χ1v) is 9.55. The SMILES string of the molecule is NC(CN1CCN(COC=O)CCN(COC=O)CCN(CC(=O)O)CC1)C(=O)O. The highest BCUT2D eigenvalue weighted by Gasteiger charge is 2.21. The second-order valence-corrected chi connectivity index (χ2v) is 6.94. The number of carbonyl (C=O) groups is 4. The Balaban J connectivity index is 2.89. The van der Waals surface area contributed by atoms with Crippen LogP contribution in [0.4, 0.5) is 0 Å². The van der Waals surface area contributed by atoms with Crippen molar-refractivity contribution in [2.75, 3.05) is 78.9 Å². The predicted octanol–water partition coefficient (Wildman–Crippen LogP) is -3.03. The molecule has 0 saturated carbocycles. The molecule has 1 heterocycles. The molecule has 1 atom stereocenters. The zero-order valence-electron chi connectivity index (χ0n) is 16.9. The van der Waals surface area contributed by atoms with Crippen molar-refractivity contribution >= 4 is 24.9 Å². The molecule has 1 unspecified atom stereocenters. The molecule has 1 saturated heterocycles. The van der Waals surface area contributed by atoms with Crippen LogP contribution in [0.1, 0.15) is 0 Å². The van der Waals surface area contributed by atoms with Crippen molar-refractivity contribution in [3.8, 4) is 0 Å². The van der Waals surface area contributed by atoms with Gasteiger partial charge in [0.05, 0.1) is 6.54 Å². The maximum Gasteiger partial charge on any atom is 0.321 e. The summed E-state index contributed by atoms with van der Waals surface area (Å²) in [5, 5.41) is 18.3. The lowest BCUT2D eigenvalue weighted by molar-refractivity contribution is -0.139. The highest BCUT2D eigenvalue weighted by molar-refractivity contribution is 5.73. The maximum absolute atomic E-state index is 11.2. The number of ether oxygens (including phenoxy) is 2. The van der Waals surface area contributed by atoms with E-state index < -0.39 is 18.0 Å². The Bertz CT molecular complexity index is 552. The molecular formula is C17H31N5O8. The number of nitrogens with two attached hydrogens (primary N) is 1. The topological polar surface area (TPSA) is 166 Å². The predicted molar refractivity (Wildman–Crippen MR) is 103 cm³/mol. The fourth-order valence-electron chi connectivity index (χ4n) is 3.00. The molecule has 0 spiro atoms. The Labute approximate surface area is 174 Å². The van der Waals surface area contributed by atoms with E-state index in [9.17, 15) is 24.3 Å². The largest absolute Gasteiger partial charge is 0.480 e. The van der Waals surface area contributed by atoms with Crippen molar-refractivity contribution in [3.63, 3.8) is 0 Å². The molecule has 0 bridgehead atoms. The molecule has 4 N–H and O–H groups in total. The van der Waals surface area contributed by atoms with Gasteiger partial charge in [-0.25, -0.2) is 0 Å². The minimum atomic E-state index is -1.12. The fraction of sp³-hybridized carbons (Fsp3) is 0.765. The van der Waals surface area contributed by atoms with Crippen LogP contribution in [0.3, 0.4) is 0 Å². The summed E-state index contributed by atoms with van der Waals surface area (Å²) >= 11 is 0. The van der Waals surface area contributed by atoms with Gasteiger partial charge in [-0.3, -0.25) is 38.8 Å². The molecule has 172 valence electrons. The number of carboxylic acid groups (broad SMARTS) is 2. The van der Waals surface area contributed by atoms with Crippen molar-refractivity contribution in [2.45, 2.75) is 6.04 Å². The van der Waals surface area contributed by atoms with Crippen LogP contribution in [-0.2, 0) is 28.7 Å². The van der Waals surface area contributed by atoms with E-state index in [-0.39, 0.29) is 26.6 Å². The smallest absolute Gasteiger partial charge is 0.321 e. The normalized spacial score (nSPS) is 19.8. The molecule has 0 aromatic carbocycles. The number of carboxylic acids is 2. The maximum atomic E-state index is 11.2. The minimum absolute atomic E-state index is 0.0619. The molecule has 13 nitrogen and oxygen atoms in total. The van der Waals surface area contributed by atoms with Gasteiger partial charge in [-0.15, -0.1) is 0 Å². The highest BCUT2D eigenvalue weighted by Crippen LogP contribution is 2.02. The van der Waals surface area contributed by atoms with E-state index >= 15 is 0 Å². The van der Waals surface area contributed by atoms with Gasteiger partial charge in [0.25, 0.3) is 12.9 Å². The molecule has 0 amide bonds. The Morgan fingerprint density at radius 1 is 0.800 bits per heavy atom. The summed E-state index contributed by atoms with van der Waals surface area (Å²) in [6.45, 7) is 4.37. The molecule has 0 aromatic rings. The van der Waals surface area contributed by atoms with Crippen LogP contribution in [0.5, 0.6) is 0 Å². The highest BCUT2D eigenvalue weighted by atomic mass is 16.5. The summed E-state index contributed by atoms with van der Waals surface area (Å²) in [6, 6.07) is -1.07. The summed E-state index contributed by atoms with van der Waals surface area (Å²) in [6.07, 6.45) is 0. The first-order chi connectivity index (χ1) is 14.3. The van der Waals surface area contributed by atoms with Gasteiger partial charge in [0, 0.05) is 58.9 Å². The molecule has 1 aliphatic heterocycles. The van der Waals surface area contributed by atoms with Crippen LogP contribution >= 0.6 is 0 Å². The molecule has 0 radical (unpaired) electrons. The summed E-state index contributed by atoms with van der Waals surface area (Å²) in [5.41, 5.74) is 5.68. The van der Waals surface area contributed by atoms with Crippen molar-refractivity contribution in [1.82, 2.24) is 19.6 Å². The zero-order valence-corrected chi connectivity index (χ0v) is 16.9. The van der Waals surface area contributed by atoms with Crippen molar-refractivity contribution in [1.29, 1.82) is 0 Å². The van der Waals surface area contributed by atoms with Gasteiger partial charge in [0.1, 0.15) is 19.5 Å². The molecular weight excluding hydrogens is 402 g/mol. The Kier molecular flexibility index (Phi) is 12.5. The van der Waals surface area contributed by atoms with E-state index in [0.717, 1.165) is 0 Å². The average molecular weight is 433 g/mol.